The third kappa shape index (κ3) is 1.53. The summed E-state index contributed by atoms with van der Waals surface area (Å²) < 4.78 is 0. The van der Waals surface area contributed by atoms with Crippen molar-refractivity contribution in [2.24, 2.45) is 17.8 Å². The first kappa shape index (κ1) is 10.4. The molecule has 2 N–H and O–H groups in total. The molecular weight excluding hydrogens is 224 g/mol. The van der Waals surface area contributed by atoms with E-state index in [1.54, 1.807) is 0 Å². The van der Waals surface area contributed by atoms with Gasteiger partial charge in [0.1, 0.15) is 0 Å². The zero-order chi connectivity index (χ0) is 12.3. The predicted molar refractivity (Wildman–Crippen MR) is 69.4 cm³/mol. The zero-order valence-electron chi connectivity index (χ0n) is 10.4. The molecule has 3 nitrogen and oxygen atoms in total. The van der Waals surface area contributed by atoms with Crippen LogP contribution in [0.15, 0.2) is 18.2 Å². The van der Waals surface area contributed by atoms with Gasteiger partial charge < -0.3 is 10.6 Å². The maximum absolute atomic E-state index is 12.5. The maximum atomic E-state index is 12.5. The molecule has 3 aliphatic rings. The number of rotatable bonds is 1. The van der Waals surface area contributed by atoms with E-state index < -0.39 is 0 Å². The standard InChI is InChI=1S/C15H18N2O/c16-14-2-1-9-7-17(8-13(9)6-14)15(18)12-4-10-3-11(10)5-12/h1-2,6,10-12H,3-5,7-8,16H2. The molecule has 2 fully saturated rings. The van der Waals surface area contributed by atoms with E-state index in [1.807, 2.05) is 17.0 Å². The van der Waals surface area contributed by atoms with Crippen molar-refractivity contribution in [3.05, 3.63) is 29.3 Å². The lowest BCUT2D eigenvalue weighted by atomic mass is 10.0. The first-order chi connectivity index (χ1) is 8.70. The van der Waals surface area contributed by atoms with Gasteiger partial charge in [-0.05, 0) is 54.4 Å². The van der Waals surface area contributed by atoms with E-state index in [-0.39, 0.29) is 0 Å². The van der Waals surface area contributed by atoms with Crippen LogP contribution in [0.1, 0.15) is 30.4 Å². The Morgan fingerprint density at radius 1 is 1.11 bits per heavy atom. The van der Waals surface area contributed by atoms with Crippen LogP contribution in [-0.4, -0.2) is 10.8 Å². The summed E-state index contributed by atoms with van der Waals surface area (Å²) in [5.41, 5.74) is 9.08. The van der Waals surface area contributed by atoms with Crippen molar-refractivity contribution in [1.29, 1.82) is 0 Å². The van der Waals surface area contributed by atoms with Crippen LogP contribution in [0.3, 0.4) is 0 Å². The molecule has 2 unspecified atom stereocenters. The number of nitrogens with two attached hydrogens (primary N) is 1. The van der Waals surface area contributed by atoms with Gasteiger partial charge in [0.15, 0.2) is 0 Å². The number of carbonyl (C=O) groups is 1. The summed E-state index contributed by atoms with van der Waals surface area (Å²) in [5.74, 6) is 2.43. The summed E-state index contributed by atoms with van der Waals surface area (Å²) in [6, 6.07) is 6.00. The number of fused-ring (bicyclic) bond motifs is 2. The Balaban J connectivity index is 1.50. The summed E-state index contributed by atoms with van der Waals surface area (Å²) >= 11 is 0. The molecule has 1 heterocycles. The lowest BCUT2D eigenvalue weighted by Gasteiger charge is -2.20. The monoisotopic (exact) mass is 242 g/mol. The van der Waals surface area contributed by atoms with E-state index in [0.29, 0.717) is 11.8 Å². The normalized spacial score (nSPS) is 32.2. The number of hydrogen-bond donors (Lipinski definition) is 1. The van der Waals surface area contributed by atoms with Gasteiger partial charge in [0, 0.05) is 24.7 Å². The van der Waals surface area contributed by atoms with Crippen LogP contribution in [0.2, 0.25) is 0 Å². The van der Waals surface area contributed by atoms with Crippen molar-refractivity contribution < 1.29 is 4.79 Å². The van der Waals surface area contributed by atoms with Crippen LogP contribution >= 0.6 is 0 Å². The molecule has 1 aliphatic heterocycles. The van der Waals surface area contributed by atoms with Crippen LogP contribution < -0.4 is 5.73 Å². The molecule has 0 bridgehead atoms. The number of carbonyl (C=O) groups excluding carboxylic acids is 1. The van der Waals surface area contributed by atoms with Crippen molar-refractivity contribution in [2.75, 3.05) is 5.73 Å². The topological polar surface area (TPSA) is 46.3 Å². The fraction of sp³-hybridized carbons (Fsp3) is 0.533. The van der Waals surface area contributed by atoms with Gasteiger partial charge in [-0.1, -0.05) is 6.07 Å². The largest absolute Gasteiger partial charge is 0.399 e. The summed E-state index contributed by atoms with van der Waals surface area (Å²) in [6.45, 7) is 1.53. The van der Waals surface area contributed by atoms with E-state index in [2.05, 4.69) is 6.07 Å². The van der Waals surface area contributed by atoms with E-state index in [4.69, 9.17) is 5.73 Å². The van der Waals surface area contributed by atoms with Crippen molar-refractivity contribution >= 4 is 11.6 Å². The molecule has 0 aromatic heterocycles. The summed E-state index contributed by atoms with van der Waals surface area (Å²) in [7, 11) is 0. The number of anilines is 1. The maximum Gasteiger partial charge on any atom is 0.226 e. The Bertz CT molecular complexity index is 515. The molecule has 1 aromatic rings. The highest BCUT2D eigenvalue weighted by Crippen LogP contribution is 2.54. The molecular formula is C15H18N2O. The second kappa shape index (κ2) is 3.50. The summed E-state index contributed by atoms with van der Waals surface area (Å²) in [5, 5.41) is 0. The van der Waals surface area contributed by atoms with Crippen molar-refractivity contribution in [3.8, 4) is 0 Å². The van der Waals surface area contributed by atoms with E-state index in [9.17, 15) is 4.79 Å². The van der Waals surface area contributed by atoms with Gasteiger partial charge in [0.25, 0.3) is 0 Å². The third-order valence-electron chi connectivity index (χ3n) is 4.86. The molecule has 18 heavy (non-hydrogen) atoms. The molecule has 0 saturated heterocycles. The average molecular weight is 242 g/mol. The fourth-order valence-electron chi connectivity index (χ4n) is 3.74. The van der Waals surface area contributed by atoms with Crippen LogP contribution in [0, 0.1) is 17.8 Å². The van der Waals surface area contributed by atoms with Gasteiger partial charge in [-0.2, -0.15) is 0 Å². The molecule has 2 saturated carbocycles. The van der Waals surface area contributed by atoms with Crippen LogP contribution in [0.4, 0.5) is 5.69 Å². The number of nitrogen functional groups attached to an aromatic ring is 1. The molecule has 4 rings (SSSR count). The van der Waals surface area contributed by atoms with Gasteiger partial charge in [-0.25, -0.2) is 0 Å². The molecule has 94 valence electrons. The Labute approximate surface area is 107 Å². The average Bonchev–Trinajstić information content (AvgIpc) is 2.81. The lowest BCUT2D eigenvalue weighted by Crippen LogP contribution is -2.31. The highest BCUT2D eigenvalue weighted by molar-refractivity contribution is 5.80. The first-order valence-corrected chi connectivity index (χ1v) is 6.87. The molecule has 1 amide bonds. The molecule has 3 heteroatoms. The van der Waals surface area contributed by atoms with Gasteiger partial charge >= 0.3 is 0 Å². The second-order valence-corrected chi connectivity index (χ2v) is 6.15. The van der Waals surface area contributed by atoms with Gasteiger partial charge in [0.05, 0.1) is 0 Å². The Hall–Kier alpha value is -1.51. The number of hydrogen-bond acceptors (Lipinski definition) is 2. The minimum Gasteiger partial charge on any atom is -0.399 e. The highest BCUT2D eigenvalue weighted by Gasteiger charge is 2.49. The second-order valence-electron chi connectivity index (χ2n) is 6.15. The number of benzene rings is 1. The third-order valence-corrected chi connectivity index (χ3v) is 4.86. The minimum absolute atomic E-state index is 0.306. The SMILES string of the molecule is Nc1ccc2c(c1)CN(C(=O)C1CC3CC3C1)C2. The van der Waals surface area contributed by atoms with Crippen molar-refractivity contribution in [1.82, 2.24) is 4.90 Å². The summed E-state index contributed by atoms with van der Waals surface area (Å²) in [4.78, 5) is 14.5. The number of nitrogens with zero attached hydrogens (tertiary/aromatic N) is 1. The molecule has 0 radical (unpaired) electrons. The molecule has 0 spiro atoms. The predicted octanol–water partition coefficient (Wildman–Crippen LogP) is 2.16. The summed E-state index contributed by atoms with van der Waals surface area (Å²) in [6.07, 6.45) is 3.65. The molecule has 2 atom stereocenters. The van der Waals surface area contributed by atoms with Gasteiger partial charge in [0.2, 0.25) is 5.91 Å². The lowest BCUT2D eigenvalue weighted by molar-refractivity contribution is -0.136. The van der Waals surface area contributed by atoms with E-state index >= 15 is 0 Å². The minimum atomic E-state index is 0.306. The van der Waals surface area contributed by atoms with Crippen molar-refractivity contribution in [3.63, 3.8) is 0 Å². The quantitative estimate of drug-likeness (QED) is 0.767. The Morgan fingerprint density at radius 3 is 2.61 bits per heavy atom. The van der Waals surface area contributed by atoms with Crippen molar-refractivity contribution in [2.45, 2.75) is 32.4 Å². The van der Waals surface area contributed by atoms with Gasteiger partial charge in [-0.15, -0.1) is 0 Å². The fourth-order valence-corrected chi connectivity index (χ4v) is 3.74. The van der Waals surface area contributed by atoms with E-state index in [1.165, 1.54) is 17.5 Å². The van der Waals surface area contributed by atoms with Crippen LogP contribution in [-0.2, 0) is 17.9 Å². The smallest absolute Gasteiger partial charge is 0.226 e. The Kier molecular flexibility index (Phi) is 2.02. The van der Waals surface area contributed by atoms with E-state index in [0.717, 1.165) is 43.5 Å². The Morgan fingerprint density at radius 2 is 1.83 bits per heavy atom. The van der Waals surface area contributed by atoms with Crippen LogP contribution in [0.5, 0.6) is 0 Å². The van der Waals surface area contributed by atoms with Gasteiger partial charge in [-0.3, -0.25) is 4.79 Å². The first-order valence-electron chi connectivity index (χ1n) is 6.87. The zero-order valence-corrected chi connectivity index (χ0v) is 10.4. The highest BCUT2D eigenvalue weighted by atomic mass is 16.2. The van der Waals surface area contributed by atoms with Crippen LogP contribution in [0.25, 0.3) is 0 Å². The molecule has 1 aromatic carbocycles. The molecule has 2 aliphatic carbocycles. The number of amides is 1.